The number of fused-ring (bicyclic) bond motifs is 2. The minimum atomic E-state index is -0.391. The number of amides is 2. The molecule has 6 heteroatoms. The maximum absolute atomic E-state index is 13.3. The minimum Gasteiger partial charge on any atom is -0.484 e. The molecule has 6 nitrogen and oxygen atoms in total. The van der Waals surface area contributed by atoms with Crippen LogP contribution in [0.25, 0.3) is 0 Å². The van der Waals surface area contributed by atoms with Gasteiger partial charge in [-0.25, -0.2) is 0 Å². The highest BCUT2D eigenvalue weighted by Crippen LogP contribution is 2.43. The van der Waals surface area contributed by atoms with E-state index in [0.717, 1.165) is 35.5 Å². The molecule has 1 N–H and O–H groups in total. The van der Waals surface area contributed by atoms with Crippen LogP contribution in [0.5, 0.6) is 17.2 Å². The maximum atomic E-state index is 13.3. The molecule has 174 valence electrons. The number of piperidine rings is 1. The number of nitrogens with one attached hydrogen (secondary N) is 1. The third-order valence-electron chi connectivity index (χ3n) is 6.58. The quantitative estimate of drug-likeness (QED) is 0.599. The van der Waals surface area contributed by atoms with Crippen LogP contribution in [0.15, 0.2) is 78.9 Å². The summed E-state index contributed by atoms with van der Waals surface area (Å²) in [5.41, 5.74) is 1.77. The molecule has 3 aromatic rings. The van der Waals surface area contributed by atoms with Gasteiger partial charge in [0.2, 0.25) is 5.91 Å². The van der Waals surface area contributed by atoms with Crippen LogP contribution in [-0.2, 0) is 9.59 Å². The molecule has 0 saturated carbocycles. The Morgan fingerprint density at radius 2 is 1.44 bits per heavy atom. The van der Waals surface area contributed by atoms with Crippen molar-refractivity contribution in [3.8, 4) is 17.2 Å². The second-order valence-corrected chi connectivity index (χ2v) is 8.78. The maximum Gasteiger partial charge on any atom is 0.260 e. The van der Waals surface area contributed by atoms with Gasteiger partial charge in [0, 0.05) is 30.8 Å². The zero-order valence-corrected chi connectivity index (χ0v) is 19.0. The lowest BCUT2D eigenvalue weighted by molar-refractivity contribution is -0.135. The molecule has 0 atom stereocenters. The first-order valence-corrected chi connectivity index (χ1v) is 11.8. The molecule has 2 heterocycles. The Bertz CT molecular complexity index is 1110. The number of benzene rings is 3. The third-order valence-corrected chi connectivity index (χ3v) is 6.58. The average molecular weight is 457 g/mol. The standard InChI is InChI=1S/C28H28N2O4/c31-26(19-33-21-8-2-1-3-9-21)30-16-14-20(15-17-30)18-29-28(32)27-22-10-4-6-12-24(22)34-25-13-7-5-11-23(25)27/h1-13,20,27H,14-19H2,(H,29,32). The Morgan fingerprint density at radius 3 is 2.09 bits per heavy atom. The molecule has 3 aromatic carbocycles. The van der Waals surface area contributed by atoms with Crippen LogP contribution in [0, 0.1) is 5.92 Å². The number of likely N-dealkylation sites (tertiary alicyclic amines) is 1. The summed E-state index contributed by atoms with van der Waals surface area (Å²) in [5, 5.41) is 3.17. The molecule has 2 amide bonds. The van der Waals surface area contributed by atoms with E-state index in [1.807, 2.05) is 83.8 Å². The zero-order valence-electron chi connectivity index (χ0n) is 19.0. The van der Waals surface area contributed by atoms with Gasteiger partial charge in [0.05, 0.1) is 5.92 Å². The average Bonchev–Trinajstić information content (AvgIpc) is 2.90. The highest BCUT2D eigenvalue weighted by atomic mass is 16.5. The summed E-state index contributed by atoms with van der Waals surface area (Å²) >= 11 is 0. The topological polar surface area (TPSA) is 67.9 Å². The van der Waals surface area contributed by atoms with Crippen LogP contribution in [0.4, 0.5) is 0 Å². The molecule has 0 bridgehead atoms. The molecule has 0 unspecified atom stereocenters. The van der Waals surface area contributed by atoms with Crippen molar-refractivity contribution < 1.29 is 19.1 Å². The van der Waals surface area contributed by atoms with Crippen molar-refractivity contribution in [3.05, 3.63) is 90.0 Å². The molecule has 2 aliphatic heterocycles. The second kappa shape index (κ2) is 10.00. The van der Waals surface area contributed by atoms with E-state index in [9.17, 15) is 9.59 Å². The number of nitrogens with zero attached hydrogens (tertiary/aromatic N) is 1. The Balaban J connectivity index is 1.14. The van der Waals surface area contributed by atoms with Crippen molar-refractivity contribution in [2.75, 3.05) is 26.2 Å². The van der Waals surface area contributed by atoms with E-state index in [2.05, 4.69) is 5.32 Å². The van der Waals surface area contributed by atoms with Gasteiger partial charge >= 0.3 is 0 Å². The number of rotatable bonds is 6. The SMILES string of the molecule is O=C(NCC1CCN(C(=O)COc2ccccc2)CC1)C1c2ccccc2Oc2ccccc21. The van der Waals surface area contributed by atoms with Gasteiger partial charge in [-0.2, -0.15) is 0 Å². The highest BCUT2D eigenvalue weighted by molar-refractivity contribution is 5.89. The molecule has 0 aromatic heterocycles. The normalized spacial score (nSPS) is 15.6. The van der Waals surface area contributed by atoms with Crippen LogP contribution in [0.3, 0.4) is 0 Å². The smallest absolute Gasteiger partial charge is 0.260 e. The van der Waals surface area contributed by atoms with Crippen molar-refractivity contribution in [2.45, 2.75) is 18.8 Å². The lowest BCUT2D eigenvalue weighted by Gasteiger charge is -2.33. The highest BCUT2D eigenvalue weighted by Gasteiger charge is 2.33. The van der Waals surface area contributed by atoms with Gasteiger partial charge in [0.1, 0.15) is 17.2 Å². The number of carbonyl (C=O) groups excluding carboxylic acids is 2. The third kappa shape index (κ3) is 4.76. The monoisotopic (exact) mass is 456 g/mol. The Hall–Kier alpha value is -3.80. The van der Waals surface area contributed by atoms with Crippen LogP contribution in [-0.4, -0.2) is 43.0 Å². The van der Waals surface area contributed by atoms with E-state index in [-0.39, 0.29) is 18.4 Å². The summed E-state index contributed by atoms with van der Waals surface area (Å²) in [4.78, 5) is 27.7. The van der Waals surface area contributed by atoms with E-state index in [1.54, 1.807) is 0 Å². The van der Waals surface area contributed by atoms with E-state index in [0.29, 0.717) is 31.3 Å². The van der Waals surface area contributed by atoms with Gasteiger partial charge in [-0.15, -0.1) is 0 Å². The van der Waals surface area contributed by atoms with Gasteiger partial charge in [-0.1, -0.05) is 54.6 Å². The number of hydrogen-bond donors (Lipinski definition) is 1. The van der Waals surface area contributed by atoms with E-state index >= 15 is 0 Å². The van der Waals surface area contributed by atoms with Crippen molar-refractivity contribution in [2.24, 2.45) is 5.92 Å². The minimum absolute atomic E-state index is 0.00163. The predicted molar refractivity (Wildman–Crippen MR) is 129 cm³/mol. The molecule has 5 rings (SSSR count). The first-order chi connectivity index (χ1) is 16.7. The Kier molecular flexibility index (Phi) is 6.47. The lowest BCUT2D eigenvalue weighted by Crippen LogP contribution is -2.44. The molecule has 34 heavy (non-hydrogen) atoms. The molecule has 0 aliphatic carbocycles. The summed E-state index contributed by atoms with van der Waals surface area (Å²) in [6.07, 6.45) is 1.72. The largest absolute Gasteiger partial charge is 0.484 e. The summed E-state index contributed by atoms with van der Waals surface area (Å²) in [6, 6.07) is 24.8. The molecule has 1 fully saturated rings. The molecule has 2 aliphatic rings. The summed E-state index contributed by atoms with van der Waals surface area (Å²) < 4.78 is 11.6. The van der Waals surface area contributed by atoms with E-state index in [4.69, 9.17) is 9.47 Å². The number of ether oxygens (including phenoxy) is 2. The van der Waals surface area contributed by atoms with Crippen molar-refractivity contribution in [3.63, 3.8) is 0 Å². The lowest BCUT2D eigenvalue weighted by atomic mass is 9.87. The second-order valence-electron chi connectivity index (χ2n) is 8.78. The number of hydrogen-bond acceptors (Lipinski definition) is 4. The summed E-state index contributed by atoms with van der Waals surface area (Å²) in [7, 11) is 0. The van der Waals surface area contributed by atoms with Gasteiger partial charge in [0.15, 0.2) is 6.61 Å². The van der Waals surface area contributed by atoms with Gasteiger partial charge in [-0.3, -0.25) is 9.59 Å². The van der Waals surface area contributed by atoms with Crippen LogP contribution < -0.4 is 14.8 Å². The van der Waals surface area contributed by atoms with Crippen molar-refractivity contribution in [1.82, 2.24) is 10.2 Å². The predicted octanol–water partition coefficient (Wildman–Crippen LogP) is 4.36. The molecule has 0 spiro atoms. The number of carbonyl (C=O) groups is 2. The molecular formula is C28H28N2O4. The van der Waals surface area contributed by atoms with Crippen LogP contribution >= 0.6 is 0 Å². The Morgan fingerprint density at radius 1 is 0.853 bits per heavy atom. The fourth-order valence-electron chi connectivity index (χ4n) is 4.68. The Labute approximate surface area is 199 Å². The van der Waals surface area contributed by atoms with Gasteiger partial charge in [0.25, 0.3) is 5.91 Å². The molecular weight excluding hydrogens is 428 g/mol. The first-order valence-electron chi connectivity index (χ1n) is 11.8. The zero-order chi connectivity index (χ0) is 23.3. The molecule has 1 saturated heterocycles. The van der Waals surface area contributed by atoms with E-state index in [1.165, 1.54) is 0 Å². The fourth-order valence-corrected chi connectivity index (χ4v) is 4.68. The van der Waals surface area contributed by atoms with Gasteiger partial charge in [-0.05, 0) is 43.0 Å². The van der Waals surface area contributed by atoms with Crippen molar-refractivity contribution in [1.29, 1.82) is 0 Å². The van der Waals surface area contributed by atoms with Crippen LogP contribution in [0.2, 0.25) is 0 Å². The number of para-hydroxylation sites is 3. The van der Waals surface area contributed by atoms with Gasteiger partial charge < -0.3 is 19.7 Å². The van der Waals surface area contributed by atoms with E-state index < -0.39 is 5.92 Å². The molecule has 0 radical (unpaired) electrons. The fraction of sp³-hybridized carbons (Fsp3) is 0.286. The first kappa shape index (κ1) is 22.0. The summed E-state index contributed by atoms with van der Waals surface area (Å²) in [5.74, 6) is 2.09. The summed E-state index contributed by atoms with van der Waals surface area (Å²) in [6.45, 7) is 2.01. The van der Waals surface area contributed by atoms with Crippen molar-refractivity contribution >= 4 is 11.8 Å². The van der Waals surface area contributed by atoms with Crippen LogP contribution in [0.1, 0.15) is 29.9 Å².